The van der Waals surface area contributed by atoms with Gasteiger partial charge in [0, 0.05) is 46.8 Å². The van der Waals surface area contributed by atoms with Gasteiger partial charge in [-0.2, -0.15) is 0 Å². The first-order valence-electron chi connectivity index (χ1n) is 10.6. The molecule has 5 heteroatoms. The molecule has 1 saturated heterocycles. The normalized spacial score (nSPS) is 16.4. The summed E-state index contributed by atoms with van der Waals surface area (Å²) in [5.41, 5.74) is 3.95. The van der Waals surface area contributed by atoms with Gasteiger partial charge in [0.15, 0.2) is 5.96 Å². The first-order valence-corrected chi connectivity index (χ1v) is 10.6. The molecule has 0 amide bonds. The van der Waals surface area contributed by atoms with Crippen LogP contribution in [0.15, 0.2) is 59.6 Å². The van der Waals surface area contributed by atoms with E-state index >= 15 is 0 Å². The number of likely N-dealkylation sites (N-methyl/N-ethyl adjacent to an activating group) is 1. The van der Waals surface area contributed by atoms with Crippen LogP contribution in [0, 0.1) is 0 Å². The second-order valence-corrected chi connectivity index (χ2v) is 7.99. The van der Waals surface area contributed by atoms with E-state index in [0.717, 1.165) is 38.7 Å². The van der Waals surface area contributed by atoms with E-state index < -0.39 is 0 Å². The van der Waals surface area contributed by atoms with Crippen LogP contribution in [0.5, 0.6) is 0 Å². The van der Waals surface area contributed by atoms with Gasteiger partial charge < -0.3 is 15.1 Å². The molecule has 0 aliphatic carbocycles. The van der Waals surface area contributed by atoms with Crippen molar-refractivity contribution in [3.8, 4) is 0 Å². The van der Waals surface area contributed by atoms with Gasteiger partial charge in [0.25, 0.3) is 0 Å². The molecule has 0 radical (unpaired) electrons. The molecule has 1 N–H and O–H groups in total. The summed E-state index contributed by atoms with van der Waals surface area (Å²) in [6.07, 6.45) is 1.26. The summed E-state index contributed by atoms with van der Waals surface area (Å²) in [6, 6.07) is 19.5. The Hall–Kier alpha value is -2.37. The Bertz CT molecular complexity index is 757. The lowest BCUT2D eigenvalue weighted by atomic mass is 10.1. The van der Waals surface area contributed by atoms with Crippen LogP contribution in [0.1, 0.15) is 23.1 Å². The molecular formula is C24H35N5. The van der Waals surface area contributed by atoms with Crippen molar-refractivity contribution in [3.05, 3.63) is 71.3 Å². The van der Waals surface area contributed by atoms with Crippen molar-refractivity contribution >= 4 is 5.96 Å². The zero-order valence-electron chi connectivity index (χ0n) is 18.1. The first-order chi connectivity index (χ1) is 14.1. The summed E-state index contributed by atoms with van der Waals surface area (Å²) in [7, 11) is 6.13. The highest BCUT2D eigenvalue weighted by atomic mass is 15.3. The summed E-state index contributed by atoms with van der Waals surface area (Å²) in [5, 5.41) is 3.48. The minimum atomic E-state index is 0.778. The van der Waals surface area contributed by atoms with Gasteiger partial charge in [0.1, 0.15) is 0 Å². The molecule has 0 atom stereocenters. The molecule has 0 bridgehead atoms. The standard InChI is InChI=1S/C24H35N5/c1-25-24(28(3)19-22-8-5-4-6-9-22)26-18-21-10-12-23(13-11-21)20-29-15-7-14-27(2)16-17-29/h4-6,8-13H,7,14-20H2,1-3H3,(H,25,26). The summed E-state index contributed by atoms with van der Waals surface area (Å²) >= 11 is 0. The molecule has 3 rings (SSSR count). The number of hydrogen-bond acceptors (Lipinski definition) is 3. The van der Waals surface area contributed by atoms with Crippen molar-refractivity contribution in [2.24, 2.45) is 4.99 Å². The van der Waals surface area contributed by atoms with E-state index in [0.29, 0.717) is 0 Å². The molecule has 156 valence electrons. The highest BCUT2D eigenvalue weighted by Gasteiger charge is 2.12. The second kappa shape index (κ2) is 11.0. The predicted octanol–water partition coefficient (Wildman–Crippen LogP) is 3.03. The van der Waals surface area contributed by atoms with E-state index in [-0.39, 0.29) is 0 Å². The van der Waals surface area contributed by atoms with E-state index in [1.165, 1.54) is 36.2 Å². The summed E-state index contributed by atoms with van der Waals surface area (Å²) < 4.78 is 0. The van der Waals surface area contributed by atoms with Crippen molar-refractivity contribution in [2.45, 2.75) is 26.1 Å². The van der Waals surface area contributed by atoms with Crippen LogP contribution >= 0.6 is 0 Å². The minimum Gasteiger partial charge on any atom is -0.352 e. The van der Waals surface area contributed by atoms with Gasteiger partial charge in [0.05, 0.1) is 0 Å². The van der Waals surface area contributed by atoms with E-state index in [9.17, 15) is 0 Å². The maximum Gasteiger partial charge on any atom is 0.193 e. The zero-order chi connectivity index (χ0) is 20.5. The Balaban J connectivity index is 1.48. The molecule has 29 heavy (non-hydrogen) atoms. The third-order valence-corrected chi connectivity index (χ3v) is 5.53. The van der Waals surface area contributed by atoms with Gasteiger partial charge in [-0.25, -0.2) is 0 Å². The van der Waals surface area contributed by atoms with Crippen LogP contribution in [-0.4, -0.2) is 68.0 Å². The van der Waals surface area contributed by atoms with Gasteiger partial charge in [0.2, 0.25) is 0 Å². The molecule has 1 aliphatic heterocycles. The molecule has 1 fully saturated rings. The topological polar surface area (TPSA) is 34.1 Å². The zero-order valence-corrected chi connectivity index (χ0v) is 18.1. The lowest BCUT2D eigenvalue weighted by Gasteiger charge is -2.22. The largest absolute Gasteiger partial charge is 0.352 e. The molecule has 0 spiro atoms. The van der Waals surface area contributed by atoms with Crippen LogP contribution in [0.25, 0.3) is 0 Å². The Morgan fingerprint density at radius 2 is 1.66 bits per heavy atom. The number of guanidine groups is 1. The van der Waals surface area contributed by atoms with Crippen LogP contribution in [0.4, 0.5) is 0 Å². The number of aliphatic imine (C=N–C) groups is 1. The van der Waals surface area contributed by atoms with Crippen molar-refractivity contribution in [1.29, 1.82) is 0 Å². The average molecular weight is 394 g/mol. The number of rotatable bonds is 6. The molecule has 2 aromatic carbocycles. The van der Waals surface area contributed by atoms with Gasteiger partial charge in [-0.1, -0.05) is 54.6 Å². The van der Waals surface area contributed by atoms with Crippen molar-refractivity contribution in [1.82, 2.24) is 20.0 Å². The van der Waals surface area contributed by atoms with Crippen molar-refractivity contribution in [2.75, 3.05) is 47.3 Å². The number of nitrogens with one attached hydrogen (secondary N) is 1. The average Bonchev–Trinajstić information content (AvgIpc) is 2.94. The molecule has 0 saturated carbocycles. The SMILES string of the molecule is CN=C(NCc1ccc(CN2CCCN(C)CC2)cc1)N(C)Cc1ccccc1. The van der Waals surface area contributed by atoms with E-state index in [2.05, 4.69) is 87.6 Å². The molecule has 0 aromatic heterocycles. The van der Waals surface area contributed by atoms with E-state index in [4.69, 9.17) is 0 Å². The highest BCUT2D eigenvalue weighted by Crippen LogP contribution is 2.10. The number of benzene rings is 2. The van der Waals surface area contributed by atoms with Gasteiger partial charge in [-0.15, -0.1) is 0 Å². The lowest BCUT2D eigenvalue weighted by Crippen LogP contribution is -2.38. The van der Waals surface area contributed by atoms with Gasteiger partial charge in [-0.3, -0.25) is 9.89 Å². The summed E-state index contributed by atoms with van der Waals surface area (Å²) in [6.45, 7) is 7.38. The molecular weight excluding hydrogens is 358 g/mol. The lowest BCUT2D eigenvalue weighted by molar-refractivity contribution is 0.269. The fourth-order valence-electron chi connectivity index (χ4n) is 3.78. The van der Waals surface area contributed by atoms with Crippen molar-refractivity contribution in [3.63, 3.8) is 0 Å². The van der Waals surface area contributed by atoms with Gasteiger partial charge >= 0.3 is 0 Å². The molecule has 1 aliphatic rings. The molecule has 5 nitrogen and oxygen atoms in total. The maximum absolute atomic E-state index is 4.43. The molecule has 1 heterocycles. The summed E-state index contributed by atoms with van der Waals surface area (Å²) in [4.78, 5) is 11.6. The second-order valence-electron chi connectivity index (χ2n) is 7.99. The van der Waals surface area contributed by atoms with Crippen LogP contribution in [-0.2, 0) is 19.6 Å². The Kier molecular flexibility index (Phi) is 8.08. The maximum atomic E-state index is 4.43. The quantitative estimate of drug-likeness (QED) is 0.604. The van der Waals surface area contributed by atoms with Gasteiger partial charge in [-0.05, 0) is 43.2 Å². The van der Waals surface area contributed by atoms with Crippen LogP contribution in [0.3, 0.4) is 0 Å². The fraction of sp³-hybridized carbons (Fsp3) is 0.458. The Labute approximate surface area is 176 Å². The Morgan fingerprint density at radius 3 is 2.38 bits per heavy atom. The van der Waals surface area contributed by atoms with E-state index in [1.54, 1.807) is 0 Å². The predicted molar refractivity (Wildman–Crippen MR) is 122 cm³/mol. The third kappa shape index (κ3) is 6.87. The fourth-order valence-corrected chi connectivity index (χ4v) is 3.78. The minimum absolute atomic E-state index is 0.778. The smallest absolute Gasteiger partial charge is 0.193 e. The monoisotopic (exact) mass is 393 g/mol. The number of nitrogens with zero attached hydrogens (tertiary/aromatic N) is 4. The molecule has 2 aromatic rings. The third-order valence-electron chi connectivity index (χ3n) is 5.53. The first kappa shape index (κ1) is 21.3. The van der Waals surface area contributed by atoms with Crippen LogP contribution in [0.2, 0.25) is 0 Å². The van der Waals surface area contributed by atoms with Crippen molar-refractivity contribution < 1.29 is 0 Å². The Morgan fingerprint density at radius 1 is 0.931 bits per heavy atom. The summed E-state index contributed by atoms with van der Waals surface area (Å²) in [5.74, 6) is 0.909. The highest BCUT2D eigenvalue weighted by molar-refractivity contribution is 5.79. The van der Waals surface area contributed by atoms with E-state index in [1.807, 2.05) is 13.1 Å². The molecule has 0 unspecified atom stereocenters. The number of hydrogen-bond donors (Lipinski definition) is 1. The van der Waals surface area contributed by atoms with Crippen LogP contribution < -0.4 is 5.32 Å².